The molecule has 2 heterocycles. The van der Waals surface area contributed by atoms with Crippen LogP contribution in [0.3, 0.4) is 0 Å². The van der Waals surface area contributed by atoms with Gasteiger partial charge in [-0.05, 0) is 49.6 Å². The molecule has 0 saturated carbocycles. The first-order chi connectivity index (χ1) is 11.8. The van der Waals surface area contributed by atoms with Gasteiger partial charge in [0.05, 0.1) is 17.1 Å². The number of rotatable bonds is 4. The highest BCUT2D eigenvalue weighted by atomic mass is 32.2. The van der Waals surface area contributed by atoms with Crippen LogP contribution in [0.15, 0.2) is 36.5 Å². The second-order valence-corrected chi connectivity index (χ2v) is 8.61. The number of sulfone groups is 1. The molecule has 6 nitrogen and oxygen atoms in total. The monoisotopic (exact) mass is 359 g/mol. The van der Waals surface area contributed by atoms with E-state index in [-0.39, 0.29) is 23.5 Å². The zero-order chi connectivity index (χ0) is 18.0. The van der Waals surface area contributed by atoms with Gasteiger partial charge in [0.15, 0.2) is 9.84 Å². The second-order valence-electron chi connectivity index (χ2n) is 6.38. The summed E-state index contributed by atoms with van der Waals surface area (Å²) in [7, 11) is -3.01. The number of carbonyl (C=O) groups is 1. The van der Waals surface area contributed by atoms with Gasteiger partial charge in [0, 0.05) is 17.9 Å². The summed E-state index contributed by atoms with van der Waals surface area (Å²) in [5.41, 5.74) is 3.72. The summed E-state index contributed by atoms with van der Waals surface area (Å²) in [6.07, 6.45) is 1.96. The lowest BCUT2D eigenvalue weighted by atomic mass is 10.1. The van der Waals surface area contributed by atoms with Crippen molar-refractivity contribution in [1.29, 1.82) is 0 Å². The van der Waals surface area contributed by atoms with E-state index in [4.69, 9.17) is 0 Å². The standard InChI is InChI=1S/C18H21N3O3S/c1-12-4-3-5-16(13(12)2)21-17-7-6-14(10-19-17)18(22)20-15-8-9-25(23,24)11-15/h3-7,10,15H,8-9,11H2,1-2H3,(H,19,21)(H,20,22). The number of aryl methyl sites for hydroxylation is 1. The SMILES string of the molecule is Cc1cccc(Nc2ccc(C(=O)NC3CCS(=O)(=O)C3)cn2)c1C. The molecule has 1 saturated heterocycles. The van der Waals surface area contributed by atoms with Crippen LogP contribution in [0.25, 0.3) is 0 Å². The van der Waals surface area contributed by atoms with Crippen molar-refractivity contribution in [1.82, 2.24) is 10.3 Å². The molecule has 132 valence electrons. The van der Waals surface area contributed by atoms with Gasteiger partial charge in [-0.2, -0.15) is 0 Å². The molecule has 1 unspecified atom stereocenters. The van der Waals surface area contributed by atoms with E-state index in [9.17, 15) is 13.2 Å². The van der Waals surface area contributed by atoms with Crippen LogP contribution in [0.4, 0.5) is 11.5 Å². The van der Waals surface area contributed by atoms with Gasteiger partial charge in [-0.25, -0.2) is 13.4 Å². The van der Waals surface area contributed by atoms with Gasteiger partial charge >= 0.3 is 0 Å². The van der Waals surface area contributed by atoms with E-state index >= 15 is 0 Å². The first-order valence-corrected chi connectivity index (χ1v) is 9.97. The Hall–Kier alpha value is -2.41. The molecule has 0 spiro atoms. The molecule has 1 atom stereocenters. The second kappa shape index (κ2) is 6.84. The molecule has 1 fully saturated rings. The molecule has 1 aromatic heterocycles. The molecular weight excluding hydrogens is 338 g/mol. The average Bonchev–Trinajstić information content (AvgIpc) is 2.91. The summed E-state index contributed by atoms with van der Waals surface area (Å²) in [4.78, 5) is 16.5. The number of nitrogens with one attached hydrogen (secondary N) is 2. The summed E-state index contributed by atoms with van der Waals surface area (Å²) < 4.78 is 22.9. The van der Waals surface area contributed by atoms with Gasteiger partial charge in [-0.1, -0.05) is 12.1 Å². The van der Waals surface area contributed by atoms with Crippen LogP contribution < -0.4 is 10.6 Å². The van der Waals surface area contributed by atoms with Crippen LogP contribution in [0.1, 0.15) is 27.9 Å². The smallest absolute Gasteiger partial charge is 0.253 e. The predicted octanol–water partition coefficient (Wildman–Crippen LogP) is 2.36. The number of pyridine rings is 1. The number of nitrogens with zero attached hydrogens (tertiary/aromatic N) is 1. The zero-order valence-electron chi connectivity index (χ0n) is 14.2. The molecule has 0 radical (unpaired) electrons. The lowest BCUT2D eigenvalue weighted by Crippen LogP contribution is -2.35. The molecule has 1 aromatic carbocycles. The van der Waals surface area contributed by atoms with E-state index < -0.39 is 9.84 Å². The maximum atomic E-state index is 12.2. The van der Waals surface area contributed by atoms with E-state index in [1.54, 1.807) is 12.1 Å². The van der Waals surface area contributed by atoms with Crippen LogP contribution in [-0.2, 0) is 9.84 Å². The highest BCUT2D eigenvalue weighted by Gasteiger charge is 2.29. The minimum absolute atomic E-state index is 0.0123. The number of hydrogen-bond acceptors (Lipinski definition) is 5. The van der Waals surface area contributed by atoms with Crippen LogP contribution in [0, 0.1) is 13.8 Å². The highest BCUT2D eigenvalue weighted by molar-refractivity contribution is 7.91. The fourth-order valence-electron chi connectivity index (χ4n) is 2.80. The molecule has 25 heavy (non-hydrogen) atoms. The molecule has 2 N–H and O–H groups in total. The fourth-order valence-corrected chi connectivity index (χ4v) is 4.48. The number of amides is 1. The number of anilines is 2. The van der Waals surface area contributed by atoms with Gasteiger partial charge in [-0.15, -0.1) is 0 Å². The van der Waals surface area contributed by atoms with Crippen molar-refractivity contribution >= 4 is 27.2 Å². The molecule has 1 amide bonds. The Morgan fingerprint density at radius 2 is 2.00 bits per heavy atom. The van der Waals surface area contributed by atoms with Gasteiger partial charge in [0.2, 0.25) is 0 Å². The van der Waals surface area contributed by atoms with Crippen molar-refractivity contribution in [3.05, 3.63) is 53.2 Å². The van der Waals surface area contributed by atoms with Crippen LogP contribution in [-0.4, -0.2) is 36.9 Å². The highest BCUT2D eigenvalue weighted by Crippen LogP contribution is 2.21. The maximum absolute atomic E-state index is 12.2. The quantitative estimate of drug-likeness (QED) is 0.875. The normalized spacial score (nSPS) is 18.7. The third-order valence-corrected chi connectivity index (χ3v) is 6.23. The Bertz CT molecular complexity index is 892. The van der Waals surface area contributed by atoms with Gasteiger partial charge in [-0.3, -0.25) is 4.79 Å². The van der Waals surface area contributed by atoms with Crippen LogP contribution in [0.2, 0.25) is 0 Å². The lowest BCUT2D eigenvalue weighted by molar-refractivity contribution is 0.0941. The van der Waals surface area contributed by atoms with E-state index in [1.165, 1.54) is 11.8 Å². The number of benzene rings is 1. The summed E-state index contributed by atoms with van der Waals surface area (Å²) in [5, 5.41) is 6.00. The third-order valence-electron chi connectivity index (χ3n) is 4.46. The Balaban J connectivity index is 1.66. The first-order valence-electron chi connectivity index (χ1n) is 8.15. The lowest BCUT2D eigenvalue weighted by Gasteiger charge is -2.12. The molecule has 1 aliphatic heterocycles. The minimum Gasteiger partial charge on any atom is -0.348 e. The van der Waals surface area contributed by atoms with Gasteiger partial charge in [0.25, 0.3) is 5.91 Å². The van der Waals surface area contributed by atoms with Crippen molar-refractivity contribution in [2.24, 2.45) is 0 Å². The largest absolute Gasteiger partial charge is 0.348 e. The van der Waals surface area contributed by atoms with Crippen molar-refractivity contribution in [3.8, 4) is 0 Å². The molecule has 1 aliphatic rings. The Morgan fingerprint density at radius 3 is 2.64 bits per heavy atom. The fraction of sp³-hybridized carbons (Fsp3) is 0.333. The molecular formula is C18H21N3O3S. The topological polar surface area (TPSA) is 88.2 Å². The maximum Gasteiger partial charge on any atom is 0.253 e. The average molecular weight is 359 g/mol. The van der Waals surface area contributed by atoms with Crippen molar-refractivity contribution in [2.45, 2.75) is 26.3 Å². The Kier molecular flexibility index (Phi) is 4.76. The minimum atomic E-state index is -3.01. The molecule has 0 bridgehead atoms. The molecule has 0 aliphatic carbocycles. The number of hydrogen-bond donors (Lipinski definition) is 2. The summed E-state index contributed by atoms with van der Waals surface area (Å²) >= 11 is 0. The molecule has 3 rings (SSSR count). The van der Waals surface area contributed by atoms with E-state index in [0.717, 1.165) is 11.3 Å². The van der Waals surface area contributed by atoms with Crippen LogP contribution >= 0.6 is 0 Å². The van der Waals surface area contributed by atoms with Gasteiger partial charge < -0.3 is 10.6 Å². The molecule has 2 aromatic rings. The number of aromatic nitrogens is 1. The Labute approximate surface area is 147 Å². The van der Waals surface area contributed by atoms with Crippen molar-refractivity contribution < 1.29 is 13.2 Å². The summed E-state index contributed by atoms with van der Waals surface area (Å²) in [6.45, 7) is 4.08. The third kappa shape index (κ3) is 4.17. The van der Waals surface area contributed by atoms with E-state index in [0.29, 0.717) is 17.8 Å². The van der Waals surface area contributed by atoms with Crippen LogP contribution in [0.5, 0.6) is 0 Å². The van der Waals surface area contributed by atoms with E-state index in [2.05, 4.69) is 15.6 Å². The van der Waals surface area contributed by atoms with E-state index in [1.807, 2.05) is 32.0 Å². The van der Waals surface area contributed by atoms with Crippen molar-refractivity contribution in [3.63, 3.8) is 0 Å². The predicted molar refractivity (Wildman–Crippen MR) is 98.0 cm³/mol. The van der Waals surface area contributed by atoms with Gasteiger partial charge in [0.1, 0.15) is 5.82 Å². The molecule has 7 heteroatoms. The summed E-state index contributed by atoms with van der Waals surface area (Å²) in [5.74, 6) is 0.495. The zero-order valence-corrected chi connectivity index (χ0v) is 15.1. The number of carbonyl (C=O) groups excluding carboxylic acids is 1. The summed E-state index contributed by atoms with van der Waals surface area (Å²) in [6, 6.07) is 9.10. The van der Waals surface area contributed by atoms with Crippen molar-refractivity contribution in [2.75, 3.05) is 16.8 Å². The first kappa shape index (κ1) is 17.4. The Morgan fingerprint density at radius 1 is 1.20 bits per heavy atom.